The summed E-state index contributed by atoms with van der Waals surface area (Å²) in [6, 6.07) is 0. The molecule has 0 radical (unpaired) electrons. The van der Waals surface area contributed by atoms with Gasteiger partial charge < -0.3 is 0 Å². The molecule has 0 amide bonds. The van der Waals surface area contributed by atoms with Crippen LogP contribution in [0.5, 0.6) is 0 Å². The summed E-state index contributed by atoms with van der Waals surface area (Å²) in [7, 11) is 0. The molecule has 0 aliphatic heterocycles. The lowest BCUT2D eigenvalue weighted by molar-refractivity contribution is -0.113. The Hall–Kier alpha value is -0.850. The minimum atomic E-state index is -0.00231. The third-order valence-electron chi connectivity index (χ3n) is 0.940. The molecule has 0 aliphatic rings. The summed E-state index contributed by atoms with van der Waals surface area (Å²) in [4.78, 5) is 10.4. The first kappa shape index (κ1) is 7.15. The lowest BCUT2D eigenvalue weighted by atomic mass is 10.1. The summed E-state index contributed by atoms with van der Waals surface area (Å²) in [6.07, 6.45) is 0. The molecule has 0 fully saturated rings. The molecule has 8 heavy (non-hydrogen) atoms. The topological polar surface area (TPSA) is 17.1 Å². The third-order valence-corrected chi connectivity index (χ3v) is 0.940. The number of hydrogen-bond donors (Lipinski definition) is 0. The molecular weight excluding hydrogens is 100 g/mol. The Morgan fingerprint density at radius 2 is 1.62 bits per heavy atom. The normalized spacial score (nSPS) is 8.25. The van der Waals surface area contributed by atoms with Crippen molar-refractivity contribution in [3.8, 4) is 0 Å². The van der Waals surface area contributed by atoms with Crippen LogP contribution in [0.2, 0.25) is 0 Å². The Kier molecular flexibility index (Phi) is 2.19. The van der Waals surface area contributed by atoms with Gasteiger partial charge in [-0.05, 0) is 19.4 Å². The van der Waals surface area contributed by atoms with E-state index in [2.05, 4.69) is 13.2 Å². The number of carbonyl (C=O) groups is 1. The van der Waals surface area contributed by atoms with Crippen molar-refractivity contribution in [1.82, 2.24) is 0 Å². The van der Waals surface area contributed by atoms with Gasteiger partial charge in [-0.25, -0.2) is 0 Å². The van der Waals surface area contributed by atoms with Gasteiger partial charge in [-0.1, -0.05) is 13.2 Å². The molecule has 0 aliphatic carbocycles. The lowest BCUT2D eigenvalue weighted by Gasteiger charge is -1.94. The maximum absolute atomic E-state index is 10.4. The smallest absolute Gasteiger partial charge is 0.159 e. The van der Waals surface area contributed by atoms with Crippen molar-refractivity contribution in [2.75, 3.05) is 0 Å². The van der Waals surface area contributed by atoms with E-state index in [4.69, 9.17) is 0 Å². The quantitative estimate of drug-likeness (QED) is 0.390. The van der Waals surface area contributed by atoms with Crippen molar-refractivity contribution < 1.29 is 4.79 Å². The van der Waals surface area contributed by atoms with E-state index in [9.17, 15) is 4.79 Å². The molecule has 0 heterocycles. The fourth-order valence-corrected chi connectivity index (χ4v) is 0.301. The molecule has 0 saturated heterocycles. The van der Waals surface area contributed by atoms with Crippen LogP contribution in [0.15, 0.2) is 24.3 Å². The van der Waals surface area contributed by atoms with Crippen LogP contribution in [-0.2, 0) is 4.79 Å². The summed E-state index contributed by atoms with van der Waals surface area (Å²) in [6.45, 7) is 10.3. The van der Waals surface area contributed by atoms with Crippen LogP contribution in [0.25, 0.3) is 0 Å². The van der Waals surface area contributed by atoms with E-state index in [-0.39, 0.29) is 5.78 Å². The molecule has 0 saturated carbocycles. The largest absolute Gasteiger partial charge is 0.295 e. The van der Waals surface area contributed by atoms with Crippen LogP contribution < -0.4 is 0 Å². The summed E-state index contributed by atoms with van der Waals surface area (Å²) >= 11 is 0. The van der Waals surface area contributed by atoms with Gasteiger partial charge >= 0.3 is 0 Å². The van der Waals surface area contributed by atoms with E-state index in [1.165, 1.54) is 6.92 Å². The highest BCUT2D eigenvalue weighted by atomic mass is 16.1. The van der Waals surface area contributed by atoms with Crippen LogP contribution in [0.3, 0.4) is 0 Å². The number of carbonyl (C=O) groups excluding carboxylic acids is 1. The standard InChI is InChI=1S/C7H10O/c1-5(2)6(3)7(4)8/h1,3H2,2,4H3. The SMILES string of the molecule is C=C(C)C(=C)C(C)=O. The molecule has 0 bridgehead atoms. The second-order valence-electron chi connectivity index (χ2n) is 1.82. The van der Waals surface area contributed by atoms with Crippen LogP contribution in [0, 0.1) is 0 Å². The van der Waals surface area contributed by atoms with Crippen molar-refractivity contribution >= 4 is 5.78 Å². The van der Waals surface area contributed by atoms with Crippen molar-refractivity contribution in [3.05, 3.63) is 24.3 Å². The highest BCUT2D eigenvalue weighted by molar-refractivity contribution is 5.96. The minimum absolute atomic E-state index is 0.00231. The number of allylic oxidation sites excluding steroid dienone is 2. The van der Waals surface area contributed by atoms with Crippen molar-refractivity contribution in [2.24, 2.45) is 0 Å². The van der Waals surface area contributed by atoms with Gasteiger partial charge in [-0.2, -0.15) is 0 Å². The molecular formula is C7H10O. The van der Waals surface area contributed by atoms with E-state index in [1.54, 1.807) is 6.92 Å². The number of rotatable bonds is 2. The van der Waals surface area contributed by atoms with Crippen LogP contribution in [0.1, 0.15) is 13.8 Å². The fourth-order valence-electron chi connectivity index (χ4n) is 0.301. The third kappa shape index (κ3) is 1.73. The van der Waals surface area contributed by atoms with Gasteiger partial charge in [-0.3, -0.25) is 4.79 Å². The van der Waals surface area contributed by atoms with Gasteiger partial charge in [0.1, 0.15) is 0 Å². The van der Waals surface area contributed by atoms with Gasteiger partial charge in [0.2, 0.25) is 0 Å². The van der Waals surface area contributed by atoms with Gasteiger partial charge in [0.25, 0.3) is 0 Å². The maximum atomic E-state index is 10.4. The molecule has 44 valence electrons. The Bertz CT molecular complexity index is 126. The molecule has 0 N–H and O–H groups in total. The number of ketones is 1. The minimum Gasteiger partial charge on any atom is -0.295 e. The zero-order valence-electron chi connectivity index (χ0n) is 5.32. The van der Waals surface area contributed by atoms with Gasteiger partial charge in [0, 0.05) is 5.57 Å². The zero-order chi connectivity index (χ0) is 6.73. The molecule has 0 atom stereocenters. The first-order chi connectivity index (χ1) is 3.55. The average Bonchev–Trinajstić information content (AvgIpc) is 1.64. The average molecular weight is 110 g/mol. The molecule has 0 unspecified atom stereocenters. The number of hydrogen-bond acceptors (Lipinski definition) is 1. The van der Waals surface area contributed by atoms with Crippen molar-refractivity contribution in [1.29, 1.82) is 0 Å². The van der Waals surface area contributed by atoms with Crippen LogP contribution >= 0.6 is 0 Å². The Balaban J connectivity index is 4.05. The summed E-state index contributed by atoms with van der Waals surface area (Å²) in [5, 5.41) is 0. The van der Waals surface area contributed by atoms with E-state index >= 15 is 0 Å². The zero-order valence-corrected chi connectivity index (χ0v) is 5.32. The second kappa shape index (κ2) is 2.46. The van der Waals surface area contributed by atoms with Crippen molar-refractivity contribution in [3.63, 3.8) is 0 Å². The first-order valence-electron chi connectivity index (χ1n) is 2.41. The van der Waals surface area contributed by atoms with E-state index in [0.717, 1.165) is 5.57 Å². The van der Waals surface area contributed by atoms with Crippen LogP contribution in [0.4, 0.5) is 0 Å². The highest BCUT2D eigenvalue weighted by Gasteiger charge is 1.97. The van der Waals surface area contributed by atoms with Crippen LogP contribution in [-0.4, -0.2) is 5.78 Å². The Labute approximate surface area is 49.7 Å². The molecule has 0 aromatic rings. The Morgan fingerprint density at radius 3 is 1.62 bits per heavy atom. The molecule has 1 heteroatoms. The molecule has 1 nitrogen and oxygen atoms in total. The maximum Gasteiger partial charge on any atom is 0.159 e. The predicted octanol–water partition coefficient (Wildman–Crippen LogP) is 1.71. The van der Waals surface area contributed by atoms with E-state index in [0.29, 0.717) is 5.57 Å². The van der Waals surface area contributed by atoms with Gasteiger partial charge in [0.05, 0.1) is 0 Å². The molecule has 0 aromatic heterocycles. The lowest BCUT2D eigenvalue weighted by Crippen LogP contribution is -1.93. The predicted molar refractivity (Wildman–Crippen MR) is 34.6 cm³/mol. The monoisotopic (exact) mass is 110 g/mol. The molecule has 0 aromatic carbocycles. The number of Topliss-reactive ketones (excluding diaryl/α,β-unsaturated/α-hetero) is 1. The van der Waals surface area contributed by atoms with Gasteiger partial charge in [0.15, 0.2) is 5.78 Å². The van der Waals surface area contributed by atoms with Gasteiger partial charge in [-0.15, -0.1) is 0 Å². The van der Waals surface area contributed by atoms with E-state index in [1.807, 2.05) is 0 Å². The summed E-state index contributed by atoms with van der Waals surface area (Å²) < 4.78 is 0. The van der Waals surface area contributed by atoms with Crippen molar-refractivity contribution in [2.45, 2.75) is 13.8 Å². The summed E-state index contributed by atoms with van der Waals surface area (Å²) in [5.74, 6) is -0.00231. The Morgan fingerprint density at radius 1 is 1.25 bits per heavy atom. The second-order valence-corrected chi connectivity index (χ2v) is 1.82. The summed E-state index contributed by atoms with van der Waals surface area (Å²) in [5.41, 5.74) is 1.27. The first-order valence-corrected chi connectivity index (χ1v) is 2.41. The molecule has 0 spiro atoms. The molecule has 0 rings (SSSR count). The fraction of sp³-hybridized carbons (Fsp3) is 0.286. The van der Waals surface area contributed by atoms with E-state index < -0.39 is 0 Å². The highest BCUT2D eigenvalue weighted by Crippen LogP contribution is 2.02.